The van der Waals surface area contributed by atoms with Crippen molar-refractivity contribution in [2.45, 2.75) is 53.3 Å². The molecule has 0 aliphatic heterocycles. The first-order chi connectivity index (χ1) is 21.1. The molecule has 2 aromatic carbocycles. The Hall–Kier alpha value is -4.48. The van der Waals surface area contributed by atoms with E-state index in [1.54, 1.807) is 34.6 Å². The number of anilines is 1. The van der Waals surface area contributed by atoms with Crippen LogP contribution in [-0.2, 0) is 17.8 Å². The molecule has 0 saturated carbocycles. The average molecular weight is 663 g/mol. The number of nitrogens with one attached hydrogen (secondary N) is 1. The van der Waals surface area contributed by atoms with E-state index in [-0.39, 0.29) is 27.8 Å². The molecule has 4 aromatic rings. The van der Waals surface area contributed by atoms with Crippen LogP contribution in [0, 0.1) is 11.6 Å². The van der Waals surface area contributed by atoms with Gasteiger partial charge >= 0.3 is 12.1 Å². The number of benzene rings is 2. The zero-order chi connectivity index (χ0) is 33.6. The SMILES string of the molecule is CCn1c(-c2ccc(F)cc2)c(C(=O)O)cc(Cl)c1=O.CCn1c(-c2ccc(F)cc2)c(NC(=O)OC(C)(C)C)cc(Cl)c1=O. The minimum absolute atomic E-state index is 0.0289. The van der Waals surface area contributed by atoms with Crippen molar-refractivity contribution < 1.29 is 28.2 Å². The number of carboxylic acids is 1. The van der Waals surface area contributed by atoms with Crippen LogP contribution in [0.4, 0.5) is 19.3 Å². The maximum absolute atomic E-state index is 13.2. The number of rotatable bonds is 6. The molecule has 0 saturated heterocycles. The number of carbonyl (C=O) groups excluding carboxylic acids is 1. The number of pyridine rings is 2. The van der Waals surface area contributed by atoms with Crippen LogP contribution in [0.25, 0.3) is 22.5 Å². The number of halogens is 4. The van der Waals surface area contributed by atoms with Gasteiger partial charge in [-0.1, -0.05) is 23.2 Å². The molecule has 0 aliphatic rings. The average Bonchev–Trinajstić information content (AvgIpc) is 2.96. The number of hydrogen-bond acceptors (Lipinski definition) is 5. The Morgan fingerprint density at radius 2 is 1.22 bits per heavy atom. The smallest absolute Gasteiger partial charge is 0.412 e. The molecule has 0 bridgehead atoms. The van der Waals surface area contributed by atoms with Gasteiger partial charge in [-0.3, -0.25) is 14.9 Å². The first-order valence-electron chi connectivity index (χ1n) is 13.7. The van der Waals surface area contributed by atoms with Crippen LogP contribution >= 0.6 is 23.2 Å². The highest BCUT2D eigenvalue weighted by atomic mass is 35.5. The maximum Gasteiger partial charge on any atom is 0.412 e. The fourth-order valence-electron chi connectivity index (χ4n) is 4.38. The van der Waals surface area contributed by atoms with Gasteiger partial charge < -0.3 is 19.0 Å². The lowest BCUT2D eigenvalue weighted by Crippen LogP contribution is -2.29. The van der Waals surface area contributed by atoms with Crippen molar-refractivity contribution in [3.63, 3.8) is 0 Å². The lowest BCUT2D eigenvalue weighted by atomic mass is 10.0. The minimum Gasteiger partial charge on any atom is -0.478 e. The van der Waals surface area contributed by atoms with Crippen LogP contribution in [0.2, 0.25) is 10.0 Å². The number of carbonyl (C=O) groups is 2. The van der Waals surface area contributed by atoms with Gasteiger partial charge in [0.15, 0.2) is 0 Å². The lowest BCUT2D eigenvalue weighted by molar-refractivity contribution is 0.0634. The second kappa shape index (κ2) is 14.5. The number of aromatic nitrogens is 2. The number of nitrogens with zero attached hydrogens (tertiary/aromatic N) is 2. The Balaban J connectivity index is 0.000000251. The van der Waals surface area contributed by atoms with Crippen molar-refractivity contribution >= 4 is 41.0 Å². The van der Waals surface area contributed by atoms with Gasteiger partial charge in [-0.05, 0) is 101 Å². The van der Waals surface area contributed by atoms with E-state index in [2.05, 4.69) is 5.32 Å². The van der Waals surface area contributed by atoms with E-state index in [0.29, 0.717) is 29.1 Å². The Bertz CT molecular complexity index is 1830. The lowest BCUT2D eigenvalue weighted by Gasteiger charge is -2.22. The number of hydrogen-bond donors (Lipinski definition) is 2. The number of amides is 1. The summed E-state index contributed by atoms with van der Waals surface area (Å²) in [5, 5.41) is 11.7. The van der Waals surface area contributed by atoms with Gasteiger partial charge in [0.1, 0.15) is 27.3 Å². The van der Waals surface area contributed by atoms with Gasteiger partial charge in [0.05, 0.1) is 22.6 Å². The first-order valence-corrected chi connectivity index (χ1v) is 14.4. The molecular formula is C32H31Cl2F2N3O6. The van der Waals surface area contributed by atoms with E-state index in [1.165, 1.54) is 63.7 Å². The van der Waals surface area contributed by atoms with E-state index >= 15 is 0 Å². The summed E-state index contributed by atoms with van der Waals surface area (Å²) in [7, 11) is 0. The monoisotopic (exact) mass is 661 g/mol. The molecule has 4 rings (SSSR count). The van der Waals surface area contributed by atoms with Gasteiger partial charge in [-0.2, -0.15) is 0 Å². The second-order valence-electron chi connectivity index (χ2n) is 10.6. The van der Waals surface area contributed by atoms with Gasteiger partial charge in [0.2, 0.25) is 0 Å². The number of ether oxygens (including phenoxy) is 1. The Morgan fingerprint density at radius 1 is 0.800 bits per heavy atom. The predicted molar refractivity (Wildman–Crippen MR) is 170 cm³/mol. The second-order valence-corrected chi connectivity index (χ2v) is 11.4. The molecule has 2 heterocycles. The molecule has 0 atom stereocenters. The molecule has 45 heavy (non-hydrogen) atoms. The Morgan fingerprint density at radius 3 is 1.64 bits per heavy atom. The molecule has 2 N–H and O–H groups in total. The zero-order valence-electron chi connectivity index (χ0n) is 25.1. The molecule has 9 nitrogen and oxygen atoms in total. The summed E-state index contributed by atoms with van der Waals surface area (Å²) in [5.74, 6) is -2.04. The molecule has 0 radical (unpaired) electrons. The predicted octanol–water partition coefficient (Wildman–Crippen LogP) is 7.70. The van der Waals surface area contributed by atoms with Gasteiger partial charge in [0, 0.05) is 18.7 Å². The van der Waals surface area contributed by atoms with Gasteiger partial charge in [-0.15, -0.1) is 0 Å². The van der Waals surface area contributed by atoms with E-state index in [4.69, 9.17) is 27.9 Å². The fourth-order valence-corrected chi connectivity index (χ4v) is 4.80. The molecule has 1 amide bonds. The third-order valence-corrected chi connectivity index (χ3v) is 6.77. The topological polar surface area (TPSA) is 120 Å². The summed E-state index contributed by atoms with van der Waals surface area (Å²) in [6.07, 6.45) is -0.673. The number of aromatic carboxylic acids is 1. The van der Waals surface area contributed by atoms with Gasteiger partial charge in [0.25, 0.3) is 11.1 Å². The van der Waals surface area contributed by atoms with Crippen LogP contribution in [0.3, 0.4) is 0 Å². The quantitative estimate of drug-likeness (QED) is 0.218. The van der Waals surface area contributed by atoms with Crippen molar-refractivity contribution in [2.24, 2.45) is 0 Å². The van der Waals surface area contributed by atoms with E-state index in [9.17, 15) is 33.1 Å². The summed E-state index contributed by atoms with van der Waals surface area (Å²) in [6.45, 7) is 9.30. The third-order valence-electron chi connectivity index (χ3n) is 6.22. The summed E-state index contributed by atoms with van der Waals surface area (Å²) < 4.78 is 34.2. The summed E-state index contributed by atoms with van der Waals surface area (Å²) in [6, 6.07) is 13.4. The van der Waals surface area contributed by atoms with Crippen molar-refractivity contribution in [3.05, 3.63) is 109 Å². The van der Waals surface area contributed by atoms with Crippen LogP contribution in [0.5, 0.6) is 0 Å². The maximum atomic E-state index is 13.2. The fraction of sp³-hybridized carbons (Fsp3) is 0.250. The summed E-state index contributed by atoms with van der Waals surface area (Å²) >= 11 is 11.8. The van der Waals surface area contributed by atoms with Crippen molar-refractivity contribution in [1.82, 2.24) is 9.13 Å². The van der Waals surface area contributed by atoms with Crippen molar-refractivity contribution in [3.8, 4) is 22.5 Å². The minimum atomic E-state index is -1.20. The highest BCUT2D eigenvalue weighted by molar-refractivity contribution is 6.31. The van der Waals surface area contributed by atoms with E-state index in [0.717, 1.165) is 6.07 Å². The summed E-state index contributed by atoms with van der Waals surface area (Å²) in [4.78, 5) is 47.8. The molecule has 13 heteroatoms. The van der Waals surface area contributed by atoms with Crippen molar-refractivity contribution in [2.75, 3.05) is 5.32 Å². The third kappa shape index (κ3) is 8.58. The number of carboxylic acid groups (broad SMARTS) is 1. The van der Waals surface area contributed by atoms with E-state index < -0.39 is 40.4 Å². The van der Waals surface area contributed by atoms with Crippen LogP contribution in [0.15, 0.2) is 70.3 Å². The first kappa shape index (κ1) is 35.0. The molecule has 238 valence electrons. The highest BCUT2D eigenvalue weighted by Gasteiger charge is 2.21. The zero-order valence-corrected chi connectivity index (χ0v) is 26.6. The summed E-state index contributed by atoms with van der Waals surface area (Å²) in [5.41, 5.74) is 0.343. The van der Waals surface area contributed by atoms with E-state index in [1.807, 2.05) is 0 Å². The molecule has 0 unspecified atom stereocenters. The molecule has 0 aliphatic carbocycles. The highest BCUT2D eigenvalue weighted by Crippen LogP contribution is 2.30. The molecule has 0 fully saturated rings. The van der Waals surface area contributed by atoms with Crippen LogP contribution in [-0.4, -0.2) is 31.9 Å². The Kier molecular flexibility index (Phi) is 11.3. The van der Waals surface area contributed by atoms with Crippen LogP contribution < -0.4 is 16.4 Å². The largest absolute Gasteiger partial charge is 0.478 e. The van der Waals surface area contributed by atoms with Gasteiger partial charge in [-0.25, -0.2) is 18.4 Å². The molecule has 0 spiro atoms. The van der Waals surface area contributed by atoms with Crippen LogP contribution in [0.1, 0.15) is 45.0 Å². The molecular weight excluding hydrogens is 631 g/mol. The normalized spacial score (nSPS) is 11.0. The standard InChI is InChI=1S/C18H20ClFN2O3.C14H11ClFNO3/c1-5-22-15(11-6-8-12(20)9-7-11)14(10-13(19)16(22)23)21-17(24)25-18(2,3)4;1-2-17-12(8-3-5-9(16)6-4-8)10(14(19)20)7-11(15)13(17)18/h6-10H,5H2,1-4H3,(H,21,24);3-7H,2H2,1H3,(H,19,20). The Labute approximate surface area is 267 Å². The van der Waals surface area contributed by atoms with Crippen molar-refractivity contribution in [1.29, 1.82) is 0 Å². The molecule has 2 aromatic heterocycles.